The van der Waals surface area contributed by atoms with E-state index in [1.54, 1.807) is 12.1 Å². The highest BCUT2D eigenvalue weighted by atomic mass is 35.5. The predicted octanol–water partition coefficient (Wildman–Crippen LogP) is 3.03. The molecule has 1 aromatic heterocycles. The molecule has 1 fully saturated rings. The fourth-order valence-electron chi connectivity index (χ4n) is 3.35. The van der Waals surface area contributed by atoms with E-state index in [1.165, 1.54) is 42.5 Å². The molecule has 1 aromatic carbocycles. The number of amides is 2. The van der Waals surface area contributed by atoms with Gasteiger partial charge in [-0.3, -0.25) is 14.6 Å². The number of pyridine rings is 1. The molecule has 11 heteroatoms. The van der Waals surface area contributed by atoms with E-state index in [2.05, 4.69) is 10.3 Å². The molecule has 1 aliphatic rings. The van der Waals surface area contributed by atoms with Crippen LogP contribution in [0.5, 0.6) is 0 Å². The molecule has 1 aliphatic heterocycles. The van der Waals surface area contributed by atoms with E-state index in [0.717, 1.165) is 17.1 Å². The van der Waals surface area contributed by atoms with Gasteiger partial charge in [-0.25, -0.2) is 8.42 Å². The van der Waals surface area contributed by atoms with Crippen molar-refractivity contribution >= 4 is 50.7 Å². The highest BCUT2D eigenvalue weighted by Crippen LogP contribution is 2.26. The summed E-state index contributed by atoms with van der Waals surface area (Å²) >= 11 is 11.9. The summed E-state index contributed by atoms with van der Waals surface area (Å²) in [5.41, 5.74) is 0.466. The van der Waals surface area contributed by atoms with Crippen molar-refractivity contribution in [3.05, 3.63) is 52.8 Å². The summed E-state index contributed by atoms with van der Waals surface area (Å²) in [4.78, 5) is 31.1. The molecule has 0 aliphatic carbocycles. The van der Waals surface area contributed by atoms with Gasteiger partial charge in [-0.05, 0) is 49.6 Å². The van der Waals surface area contributed by atoms with Crippen LogP contribution in [-0.4, -0.2) is 60.6 Å². The molecule has 1 atom stereocenters. The monoisotopic (exact) mass is 484 g/mol. The number of rotatable bonds is 6. The number of carbonyl (C=O) groups excluding carboxylic acids is 2. The summed E-state index contributed by atoms with van der Waals surface area (Å²) < 4.78 is 26.3. The number of anilines is 1. The summed E-state index contributed by atoms with van der Waals surface area (Å²) in [5, 5.41) is 3.43. The van der Waals surface area contributed by atoms with Gasteiger partial charge in [0.2, 0.25) is 21.8 Å². The lowest BCUT2D eigenvalue weighted by Gasteiger charge is -2.35. The fraction of sp³-hybridized carbons (Fsp3) is 0.350. The normalized spacial score (nSPS) is 16.9. The summed E-state index contributed by atoms with van der Waals surface area (Å²) in [6, 6.07) is 6.95. The number of aromatic nitrogens is 1. The summed E-state index contributed by atoms with van der Waals surface area (Å²) in [6.45, 7) is -0.00709. The van der Waals surface area contributed by atoms with Crippen LogP contribution in [0.15, 0.2) is 47.6 Å². The number of hydrogen-bond acceptors (Lipinski definition) is 5. The molecular formula is C20H22Cl2N4O4S. The molecule has 1 saturated heterocycles. The fourth-order valence-corrected chi connectivity index (χ4v) is 4.73. The maximum Gasteiger partial charge on any atom is 0.247 e. The Morgan fingerprint density at radius 2 is 2.00 bits per heavy atom. The molecule has 2 heterocycles. The third kappa shape index (κ3) is 5.54. The highest BCUT2D eigenvalue weighted by Gasteiger charge is 2.34. The van der Waals surface area contributed by atoms with Crippen LogP contribution in [0, 0.1) is 0 Å². The molecule has 0 saturated carbocycles. The number of nitrogens with zero attached hydrogens (tertiary/aromatic N) is 3. The number of halogens is 2. The van der Waals surface area contributed by atoms with Gasteiger partial charge in [-0.15, -0.1) is 0 Å². The number of carbonyl (C=O) groups is 2. The third-order valence-electron chi connectivity index (χ3n) is 5.01. The van der Waals surface area contributed by atoms with E-state index in [-0.39, 0.29) is 17.3 Å². The topological polar surface area (TPSA) is 99.7 Å². The van der Waals surface area contributed by atoms with Crippen LogP contribution in [0.25, 0.3) is 0 Å². The van der Waals surface area contributed by atoms with E-state index < -0.39 is 22.0 Å². The molecule has 2 amide bonds. The average Bonchev–Trinajstić information content (AvgIpc) is 2.76. The zero-order valence-electron chi connectivity index (χ0n) is 16.8. The molecule has 31 heavy (non-hydrogen) atoms. The van der Waals surface area contributed by atoms with Crippen molar-refractivity contribution in [2.24, 2.45) is 0 Å². The lowest BCUT2D eigenvalue weighted by molar-refractivity contribution is -0.140. The Balaban J connectivity index is 1.71. The van der Waals surface area contributed by atoms with Crippen molar-refractivity contribution < 1.29 is 18.0 Å². The van der Waals surface area contributed by atoms with E-state index in [9.17, 15) is 18.0 Å². The van der Waals surface area contributed by atoms with Crippen LogP contribution >= 0.6 is 23.2 Å². The first kappa shape index (κ1) is 23.5. The Bertz CT molecular complexity index is 1070. The number of sulfonamides is 1. The summed E-state index contributed by atoms with van der Waals surface area (Å²) in [7, 11) is -2.54. The number of benzene rings is 1. The average molecular weight is 485 g/mol. The standard InChI is InChI=1S/C20H22Cl2N4O4S/c1-25(31(29,30)15-5-4-9-23-12-15)13-19(27)26-10-3-2-6-18(26)20(28)24-14-7-8-16(21)17(22)11-14/h4-5,7-9,11-12,18H,2-3,6,10,13H2,1H3,(H,24,28). The maximum atomic E-state index is 12.9. The Kier molecular flexibility index (Phi) is 7.53. The van der Waals surface area contributed by atoms with Gasteiger partial charge in [0.15, 0.2) is 0 Å². The summed E-state index contributed by atoms with van der Waals surface area (Å²) in [6.07, 6.45) is 4.70. The largest absolute Gasteiger partial charge is 0.330 e. The number of hydrogen-bond donors (Lipinski definition) is 1. The molecule has 8 nitrogen and oxygen atoms in total. The van der Waals surface area contributed by atoms with Crippen LogP contribution in [-0.2, 0) is 19.6 Å². The zero-order valence-corrected chi connectivity index (χ0v) is 19.1. The van der Waals surface area contributed by atoms with E-state index in [4.69, 9.17) is 23.2 Å². The Labute approximate surface area is 191 Å². The van der Waals surface area contributed by atoms with Gasteiger partial charge in [0.05, 0.1) is 16.6 Å². The van der Waals surface area contributed by atoms with Crippen LogP contribution in [0.4, 0.5) is 5.69 Å². The molecule has 1 unspecified atom stereocenters. The van der Waals surface area contributed by atoms with Crippen molar-refractivity contribution in [3.8, 4) is 0 Å². The van der Waals surface area contributed by atoms with Gasteiger partial charge in [0, 0.05) is 31.7 Å². The van der Waals surface area contributed by atoms with Crippen molar-refractivity contribution in [2.75, 3.05) is 25.5 Å². The molecule has 0 bridgehead atoms. The number of likely N-dealkylation sites (N-methyl/N-ethyl adjacent to an activating group) is 1. The first-order valence-corrected chi connectivity index (χ1v) is 11.8. The van der Waals surface area contributed by atoms with Crippen LogP contribution < -0.4 is 5.32 Å². The Morgan fingerprint density at radius 3 is 2.68 bits per heavy atom. The number of likely N-dealkylation sites (tertiary alicyclic amines) is 1. The second-order valence-corrected chi connectivity index (χ2v) is 10.0. The smallest absolute Gasteiger partial charge is 0.247 e. The van der Waals surface area contributed by atoms with Gasteiger partial charge >= 0.3 is 0 Å². The molecule has 2 aromatic rings. The van der Waals surface area contributed by atoms with Crippen molar-refractivity contribution in [3.63, 3.8) is 0 Å². The second kappa shape index (κ2) is 9.95. The maximum absolute atomic E-state index is 12.9. The lowest BCUT2D eigenvalue weighted by atomic mass is 10.0. The van der Waals surface area contributed by atoms with Crippen molar-refractivity contribution in [2.45, 2.75) is 30.2 Å². The SMILES string of the molecule is CN(CC(=O)N1CCCCC1C(=O)Nc1ccc(Cl)c(Cl)c1)S(=O)(=O)c1cccnc1. The Hall–Kier alpha value is -2.20. The van der Waals surface area contributed by atoms with Crippen molar-refractivity contribution in [1.82, 2.24) is 14.2 Å². The quantitative estimate of drug-likeness (QED) is 0.678. The van der Waals surface area contributed by atoms with Crippen LogP contribution in [0.3, 0.4) is 0 Å². The van der Waals surface area contributed by atoms with Gasteiger partial charge < -0.3 is 10.2 Å². The first-order chi connectivity index (χ1) is 14.7. The second-order valence-electron chi connectivity index (χ2n) is 7.17. The minimum absolute atomic E-state index is 0.00199. The molecule has 3 rings (SSSR count). The molecule has 1 N–H and O–H groups in total. The van der Waals surface area contributed by atoms with Crippen LogP contribution in [0.2, 0.25) is 10.0 Å². The van der Waals surface area contributed by atoms with Crippen molar-refractivity contribution in [1.29, 1.82) is 0 Å². The molecular weight excluding hydrogens is 463 g/mol. The van der Waals surface area contributed by atoms with Gasteiger partial charge in [-0.1, -0.05) is 23.2 Å². The van der Waals surface area contributed by atoms with E-state index in [1.807, 2.05) is 0 Å². The van der Waals surface area contributed by atoms with Gasteiger partial charge in [-0.2, -0.15) is 4.31 Å². The van der Waals surface area contributed by atoms with Gasteiger partial charge in [0.25, 0.3) is 0 Å². The molecule has 0 spiro atoms. The van der Waals surface area contributed by atoms with Crippen LogP contribution in [0.1, 0.15) is 19.3 Å². The van der Waals surface area contributed by atoms with E-state index in [0.29, 0.717) is 28.7 Å². The molecule has 166 valence electrons. The minimum Gasteiger partial charge on any atom is -0.330 e. The number of nitrogens with one attached hydrogen (secondary N) is 1. The minimum atomic E-state index is -3.87. The number of piperidine rings is 1. The molecule has 0 radical (unpaired) electrons. The zero-order chi connectivity index (χ0) is 22.6. The predicted molar refractivity (Wildman–Crippen MR) is 118 cm³/mol. The van der Waals surface area contributed by atoms with E-state index >= 15 is 0 Å². The first-order valence-electron chi connectivity index (χ1n) is 9.62. The lowest BCUT2D eigenvalue weighted by Crippen LogP contribution is -2.52. The third-order valence-corrected chi connectivity index (χ3v) is 7.54. The Morgan fingerprint density at radius 1 is 1.23 bits per heavy atom. The highest BCUT2D eigenvalue weighted by molar-refractivity contribution is 7.89. The van der Waals surface area contributed by atoms with Gasteiger partial charge in [0.1, 0.15) is 10.9 Å². The summed E-state index contributed by atoms with van der Waals surface area (Å²) in [5.74, 6) is -0.798.